The first-order valence-electron chi connectivity index (χ1n) is 8.02. The molecule has 0 saturated heterocycles. The number of carbonyl (C=O) groups excluding carboxylic acids is 1. The molecule has 1 heterocycles. The Morgan fingerprint density at radius 3 is 2.71 bits per heavy atom. The summed E-state index contributed by atoms with van der Waals surface area (Å²) in [6.07, 6.45) is -0.0288. The van der Waals surface area contributed by atoms with Crippen LogP contribution in [0.1, 0.15) is 43.1 Å². The van der Waals surface area contributed by atoms with Crippen LogP contribution in [0.5, 0.6) is 0 Å². The van der Waals surface area contributed by atoms with Gasteiger partial charge in [-0.05, 0) is 26.3 Å². The smallest absolute Gasteiger partial charge is 0.247 e. The Hall–Kier alpha value is -1.76. The molecule has 24 heavy (non-hydrogen) atoms. The van der Waals surface area contributed by atoms with Crippen LogP contribution in [0.2, 0.25) is 0 Å². The van der Waals surface area contributed by atoms with Gasteiger partial charge < -0.3 is 15.4 Å². The number of likely N-dealkylation sites (N-methyl/N-ethyl adjacent to an activating group) is 1. The molecule has 1 amide bonds. The molecule has 0 bridgehead atoms. The number of carbonyl (C=O) groups is 1. The summed E-state index contributed by atoms with van der Waals surface area (Å²) in [5, 5.41) is 2.89. The van der Waals surface area contributed by atoms with Gasteiger partial charge in [0, 0.05) is 19.0 Å². The van der Waals surface area contributed by atoms with Gasteiger partial charge >= 0.3 is 0 Å². The van der Waals surface area contributed by atoms with E-state index < -0.39 is 5.54 Å². The lowest BCUT2D eigenvalue weighted by Crippen LogP contribution is -2.49. The van der Waals surface area contributed by atoms with Crippen molar-refractivity contribution in [2.24, 2.45) is 5.73 Å². The number of benzene rings is 1. The van der Waals surface area contributed by atoms with Crippen LogP contribution in [0.25, 0.3) is 0 Å². The summed E-state index contributed by atoms with van der Waals surface area (Å²) < 4.78 is 5.55. The minimum Gasteiger partial charge on any atom is -0.372 e. The molecule has 0 fully saturated rings. The molecule has 6 heteroatoms. The standard InChI is InChI=1S/C18H25N3O2S/c1-5-23-13(2)16-20-15(12-24-16)11-21(4)17(22)18(3,19)14-9-7-6-8-10-14/h6-10,12-13H,5,11,19H2,1-4H3. The zero-order valence-corrected chi connectivity index (χ0v) is 15.5. The van der Waals surface area contributed by atoms with Crippen molar-refractivity contribution in [1.82, 2.24) is 9.88 Å². The second kappa shape index (κ2) is 7.88. The maximum absolute atomic E-state index is 12.8. The number of rotatable bonds is 7. The highest BCUT2D eigenvalue weighted by Crippen LogP contribution is 2.23. The van der Waals surface area contributed by atoms with Crippen LogP contribution in [-0.2, 0) is 21.6 Å². The largest absolute Gasteiger partial charge is 0.372 e. The summed E-state index contributed by atoms with van der Waals surface area (Å²) in [5.74, 6) is -0.138. The Balaban J connectivity index is 2.06. The van der Waals surface area contributed by atoms with E-state index >= 15 is 0 Å². The maximum Gasteiger partial charge on any atom is 0.247 e. The van der Waals surface area contributed by atoms with Gasteiger partial charge in [-0.25, -0.2) is 4.98 Å². The highest BCUT2D eigenvalue weighted by atomic mass is 32.1. The molecule has 0 spiro atoms. The molecule has 2 unspecified atom stereocenters. The number of amides is 1. The normalized spacial score (nSPS) is 14.9. The molecule has 2 aromatic rings. The average Bonchev–Trinajstić information content (AvgIpc) is 3.03. The zero-order chi connectivity index (χ0) is 17.7. The third kappa shape index (κ3) is 4.20. The molecule has 0 saturated carbocycles. The third-order valence-corrected chi connectivity index (χ3v) is 4.95. The first kappa shape index (κ1) is 18.6. The number of hydrogen-bond donors (Lipinski definition) is 1. The maximum atomic E-state index is 12.8. The van der Waals surface area contributed by atoms with Crippen LogP contribution in [0.15, 0.2) is 35.7 Å². The summed E-state index contributed by atoms with van der Waals surface area (Å²) in [6, 6.07) is 9.42. The van der Waals surface area contributed by atoms with Gasteiger partial charge in [0.25, 0.3) is 0 Å². The highest BCUT2D eigenvalue weighted by molar-refractivity contribution is 7.09. The number of aromatic nitrogens is 1. The van der Waals surface area contributed by atoms with Crippen molar-refractivity contribution in [1.29, 1.82) is 0 Å². The lowest BCUT2D eigenvalue weighted by Gasteiger charge is -2.29. The van der Waals surface area contributed by atoms with E-state index in [1.807, 2.05) is 49.6 Å². The lowest BCUT2D eigenvalue weighted by atomic mass is 9.92. The van der Waals surface area contributed by atoms with Gasteiger partial charge in [-0.1, -0.05) is 30.3 Å². The summed E-state index contributed by atoms with van der Waals surface area (Å²) in [4.78, 5) is 19.0. The van der Waals surface area contributed by atoms with E-state index in [4.69, 9.17) is 10.5 Å². The summed E-state index contributed by atoms with van der Waals surface area (Å²) >= 11 is 1.55. The van der Waals surface area contributed by atoms with Gasteiger partial charge in [0.1, 0.15) is 16.7 Å². The van der Waals surface area contributed by atoms with Crippen molar-refractivity contribution in [3.8, 4) is 0 Å². The number of nitrogens with zero attached hydrogens (tertiary/aromatic N) is 2. The average molecular weight is 347 g/mol. The zero-order valence-electron chi connectivity index (χ0n) is 14.7. The van der Waals surface area contributed by atoms with Crippen LogP contribution in [-0.4, -0.2) is 29.4 Å². The molecule has 0 aliphatic heterocycles. The molecule has 130 valence electrons. The van der Waals surface area contributed by atoms with Crippen molar-refractivity contribution >= 4 is 17.2 Å². The van der Waals surface area contributed by atoms with Crippen LogP contribution in [0.4, 0.5) is 0 Å². The lowest BCUT2D eigenvalue weighted by molar-refractivity contribution is -0.136. The predicted octanol–water partition coefficient (Wildman–Crippen LogP) is 3.07. The molecular weight excluding hydrogens is 322 g/mol. The number of nitrogens with two attached hydrogens (primary N) is 1. The molecular formula is C18H25N3O2S. The van der Waals surface area contributed by atoms with E-state index in [1.165, 1.54) is 0 Å². The van der Waals surface area contributed by atoms with Gasteiger partial charge in [-0.15, -0.1) is 11.3 Å². The fourth-order valence-corrected chi connectivity index (χ4v) is 3.34. The van der Waals surface area contributed by atoms with Crippen molar-refractivity contribution in [3.05, 3.63) is 52.0 Å². The quantitative estimate of drug-likeness (QED) is 0.836. The van der Waals surface area contributed by atoms with Crippen LogP contribution >= 0.6 is 11.3 Å². The van der Waals surface area contributed by atoms with E-state index in [0.29, 0.717) is 13.2 Å². The molecule has 2 rings (SSSR count). The van der Waals surface area contributed by atoms with Gasteiger partial charge in [0.05, 0.1) is 12.2 Å². The number of ether oxygens (including phenoxy) is 1. The Bertz CT molecular complexity index is 670. The second-order valence-corrected chi connectivity index (χ2v) is 6.89. The van der Waals surface area contributed by atoms with Gasteiger partial charge in [0.15, 0.2) is 0 Å². The monoisotopic (exact) mass is 347 g/mol. The Kier molecular flexibility index (Phi) is 6.10. The van der Waals surface area contributed by atoms with Crippen LogP contribution in [0, 0.1) is 0 Å². The van der Waals surface area contributed by atoms with E-state index in [9.17, 15) is 4.79 Å². The van der Waals surface area contributed by atoms with Crippen molar-refractivity contribution in [3.63, 3.8) is 0 Å². The van der Waals surface area contributed by atoms with Gasteiger partial charge in [-0.3, -0.25) is 4.79 Å². The Morgan fingerprint density at radius 2 is 2.08 bits per heavy atom. The van der Waals surface area contributed by atoms with E-state index in [2.05, 4.69) is 4.98 Å². The van der Waals surface area contributed by atoms with Gasteiger partial charge in [0.2, 0.25) is 5.91 Å². The summed E-state index contributed by atoms with van der Waals surface area (Å²) in [6.45, 7) is 6.76. The molecule has 0 radical (unpaired) electrons. The molecule has 2 N–H and O–H groups in total. The molecule has 1 aromatic heterocycles. The minimum absolute atomic E-state index is 0.0288. The van der Waals surface area contributed by atoms with E-state index in [0.717, 1.165) is 16.3 Å². The molecule has 0 aliphatic rings. The predicted molar refractivity (Wildman–Crippen MR) is 96.6 cm³/mol. The van der Waals surface area contributed by atoms with Crippen molar-refractivity contribution in [2.75, 3.05) is 13.7 Å². The number of hydrogen-bond acceptors (Lipinski definition) is 5. The highest BCUT2D eigenvalue weighted by Gasteiger charge is 2.33. The second-order valence-electron chi connectivity index (χ2n) is 6.00. The van der Waals surface area contributed by atoms with Gasteiger partial charge in [-0.2, -0.15) is 0 Å². The van der Waals surface area contributed by atoms with Crippen molar-refractivity contribution < 1.29 is 9.53 Å². The molecule has 2 atom stereocenters. The van der Waals surface area contributed by atoms with Crippen LogP contribution in [0.3, 0.4) is 0 Å². The third-order valence-electron chi connectivity index (χ3n) is 3.90. The minimum atomic E-state index is -1.06. The molecule has 1 aromatic carbocycles. The number of thiazole rings is 1. The fourth-order valence-electron chi connectivity index (χ4n) is 2.52. The first-order chi connectivity index (χ1) is 11.4. The summed E-state index contributed by atoms with van der Waals surface area (Å²) in [5.41, 5.74) is 6.88. The van der Waals surface area contributed by atoms with E-state index in [1.54, 1.807) is 30.2 Å². The van der Waals surface area contributed by atoms with Crippen molar-refractivity contribution in [2.45, 2.75) is 39.0 Å². The van der Waals surface area contributed by atoms with Crippen LogP contribution < -0.4 is 5.73 Å². The van der Waals surface area contributed by atoms with E-state index in [-0.39, 0.29) is 12.0 Å². The Morgan fingerprint density at radius 1 is 1.42 bits per heavy atom. The fraction of sp³-hybridized carbons (Fsp3) is 0.444. The topological polar surface area (TPSA) is 68.5 Å². The first-order valence-corrected chi connectivity index (χ1v) is 8.90. The Labute approximate surface area is 147 Å². The molecule has 0 aliphatic carbocycles. The summed E-state index contributed by atoms with van der Waals surface area (Å²) in [7, 11) is 1.75. The molecule has 5 nitrogen and oxygen atoms in total. The SMILES string of the molecule is CCOC(C)c1nc(CN(C)C(=O)C(C)(N)c2ccccc2)cs1.